The van der Waals surface area contributed by atoms with Crippen LogP contribution in [-0.4, -0.2) is 17.4 Å². The Morgan fingerprint density at radius 3 is 2.68 bits per heavy atom. The summed E-state index contributed by atoms with van der Waals surface area (Å²) in [7, 11) is 0. The normalized spacial score (nSPS) is 10.2. The van der Waals surface area contributed by atoms with E-state index in [1.54, 1.807) is 18.3 Å². The molecule has 19 heavy (non-hydrogen) atoms. The van der Waals surface area contributed by atoms with Crippen LogP contribution in [0.1, 0.15) is 35.0 Å². The molecule has 0 fully saturated rings. The average Bonchev–Trinajstić information content (AvgIpc) is 2.45. The minimum atomic E-state index is -0.0563. The average molecular weight is 255 g/mol. The van der Waals surface area contributed by atoms with Crippen LogP contribution >= 0.6 is 0 Å². The van der Waals surface area contributed by atoms with Crippen LogP contribution in [0.15, 0.2) is 42.6 Å². The molecule has 0 aliphatic carbocycles. The van der Waals surface area contributed by atoms with Gasteiger partial charge in [0.2, 0.25) is 0 Å². The number of carbonyl (C=O) groups excluding carboxylic acids is 1. The molecule has 2 aromatic rings. The molecule has 0 amide bonds. The van der Waals surface area contributed by atoms with Crippen molar-refractivity contribution in [3.05, 3.63) is 59.4 Å². The van der Waals surface area contributed by atoms with Crippen molar-refractivity contribution in [3.8, 4) is 5.75 Å². The minimum absolute atomic E-state index is 0.0563. The summed E-state index contributed by atoms with van der Waals surface area (Å²) in [6.45, 7) is 4.54. The Morgan fingerprint density at radius 2 is 2.00 bits per heavy atom. The summed E-state index contributed by atoms with van der Waals surface area (Å²) < 4.78 is 5.61. The molecule has 0 aliphatic heterocycles. The van der Waals surface area contributed by atoms with E-state index in [-0.39, 0.29) is 5.78 Å². The van der Waals surface area contributed by atoms with Crippen LogP contribution in [-0.2, 0) is 0 Å². The molecule has 0 radical (unpaired) electrons. The van der Waals surface area contributed by atoms with Gasteiger partial charge in [-0.25, -0.2) is 0 Å². The lowest BCUT2D eigenvalue weighted by atomic mass is 10.0. The van der Waals surface area contributed by atoms with Gasteiger partial charge in [0, 0.05) is 17.5 Å². The topological polar surface area (TPSA) is 39.2 Å². The van der Waals surface area contributed by atoms with Crippen molar-refractivity contribution in [2.75, 3.05) is 6.61 Å². The lowest BCUT2D eigenvalue weighted by Crippen LogP contribution is -2.06. The summed E-state index contributed by atoms with van der Waals surface area (Å²) in [6, 6.07) is 10.9. The molecule has 1 aromatic carbocycles. The van der Waals surface area contributed by atoms with Crippen molar-refractivity contribution in [1.82, 2.24) is 4.98 Å². The molecule has 0 saturated carbocycles. The van der Waals surface area contributed by atoms with E-state index in [4.69, 9.17) is 4.74 Å². The summed E-state index contributed by atoms with van der Waals surface area (Å²) in [6.07, 6.45) is 2.52. The molecule has 0 atom stereocenters. The van der Waals surface area contributed by atoms with Crippen molar-refractivity contribution in [2.24, 2.45) is 0 Å². The highest BCUT2D eigenvalue weighted by Gasteiger charge is 2.14. The summed E-state index contributed by atoms with van der Waals surface area (Å²) in [5.41, 5.74) is 2.06. The summed E-state index contributed by atoms with van der Waals surface area (Å²) in [4.78, 5) is 16.6. The van der Waals surface area contributed by atoms with E-state index < -0.39 is 0 Å². The van der Waals surface area contributed by atoms with Gasteiger partial charge >= 0.3 is 0 Å². The predicted molar refractivity (Wildman–Crippen MR) is 74.6 cm³/mol. The van der Waals surface area contributed by atoms with E-state index in [0.717, 1.165) is 12.1 Å². The highest BCUT2D eigenvalue weighted by molar-refractivity contribution is 6.10. The summed E-state index contributed by atoms with van der Waals surface area (Å²) in [5, 5.41) is 0. The maximum Gasteiger partial charge on any atom is 0.198 e. The Labute approximate surface area is 113 Å². The Balaban J connectivity index is 2.30. The third kappa shape index (κ3) is 3.19. The Morgan fingerprint density at radius 1 is 1.21 bits per heavy atom. The molecule has 1 heterocycles. The van der Waals surface area contributed by atoms with Crippen LogP contribution in [0.4, 0.5) is 0 Å². The second-order valence-electron chi connectivity index (χ2n) is 4.36. The Bertz CT molecular complexity index is 561. The number of para-hydroxylation sites is 1. The molecule has 3 heteroatoms. The molecule has 98 valence electrons. The molecule has 0 N–H and O–H groups in total. The first kappa shape index (κ1) is 13.3. The van der Waals surface area contributed by atoms with Crippen LogP contribution in [0.5, 0.6) is 5.75 Å². The van der Waals surface area contributed by atoms with Crippen molar-refractivity contribution >= 4 is 5.78 Å². The van der Waals surface area contributed by atoms with Crippen molar-refractivity contribution in [3.63, 3.8) is 0 Å². The Hall–Kier alpha value is -2.16. The van der Waals surface area contributed by atoms with Gasteiger partial charge in [0.1, 0.15) is 5.75 Å². The minimum Gasteiger partial charge on any atom is -0.493 e. The zero-order valence-corrected chi connectivity index (χ0v) is 11.2. The fourth-order valence-electron chi connectivity index (χ4n) is 1.75. The lowest BCUT2D eigenvalue weighted by molar-refractivity contribution is 0.103. The van der Waals surface area contributed by atoms with Gasteiger partial charge < -0.3 is 4.74 Å². The number of carbonyl (C=O) groups is 1. The van der Waals surface area contributed by atoms with Gasteiger partial charge in [-0.1, -0.05) is 19.1 Å². The van der Waals surface area contributed by atoms with Gasteiger partial charge in [-0.3, -0.25) is 9.78 Å². The van der Waals surface area contributed by atoms with E-state index in [9.17, 15) is 4.79 Å². The summed E-state index contributed by atoms with van der Waals surface area (Å²) in [5.74, 6) is 0.578. The number of aromatic nitrogens is 1. The fourth-order valence-corrected chi connectivity index (χ4v) is 1.75. The quantitative estimate of drug-likeness (QED) is 0.768. The standard InChI is InChI=1S/C16H17NO2/c1-3-10-19-15-7-5-4-6-14(15)16(18)13-9-8-12(2)17-11-13/h4-9,11H,3,10H2,1-2H3. The number of ether oxygens (including phenoxy) is 1. The largest absolute Gasteiger partial charge is 0.493 e. The van der Waals surface area contributed by atoms with Crippen molar-refractivity contribution in [1.29, 1.82) is 0 Å². The van der Waals surface area contributed by atoms with Gasteiger partial charge in [-0.05, 0) is 37.6 Å². The number of rotatable bonds is 5. The maximum atomic E-state index is 12.4. The van der Waals surface area contributed by atoms with Crippen molar-refractivity contribution < 1.29 is 9.53 Å². The maximum absolute atomic E-state index is 12.4. The molecular formula is C16H17NO2. The molecule has 0 unspecified atom stereocenters. The van der Waals surface area contributed by atoms with Gasteiger partial charge in [0.15, 0.2) is 5.78 Å². The molecule has 3 nitrogen and oxygen atoms in total. The number of aryl methyl sites for hydroxylation is 1. The first-order valence-electron chi connectivity index (χ1n) is 6.41. The highest BCUT2D eigenvalue weighted by Crippen LogP contribution is 2.21. The Kier molecular flexibility index (Phi) is 4.29. The third-order valence-corrected chi connectivity index (χ3v) is 2.77. The molecular weight excluding hydrogens is 238 g/mol. The van der Waals surface area contributed by atoms with Crippen molar-refractivity contribution in [2.45, 2.75) is 20.3 Å². The van der Waals surface area contributed by atoms with E-state index in [1.165, 1.54) is 0 Å². The van der Waals surface area contributed by atoms with Crippen LogP contribution < -0.4 is 4.74 Å². The highest BCUT2D eigenvalue weighted by atomic mass is 16.5. The second-order valence-corrected chi connectivity index (χ2v) is 4.36. The number of ketones is 1. The number of hydrogen-bond donors (Lipinski definition) is 0. The van der Waals surface area contributed by atoms with Crippen LogP contribution in [0.3, 0.4) is 0 Å². The number of nitrogens with zero attached hydrogens (tertiary/aromatic N) is 1. The fraction of sp³-hybridized carbons (Fsp3) is 0.250. The zero-order valence-electron chi connectivity index (χ0n) is 11.2. The van der Waals surface area contributed by atoms with Crippen LogP contribution in [0, 0.1) is 6.92 Å². The zero-order chi connectivity index (χ0) is 13.7. The lowest BCUT2D eigenvalue weighted by Gasteiger charge is -2.09. The molecule has 0 saturated heterocycles. The van der Waals surface area contributed by atoms with Gasteiger partial charge in [0.05, 0.1) is 12.2 Å². The monoisotopic (exact) mass is 255 g/mol. The van der Waals surface area contributed by atoms with Gasteiger partial charge in [-0.15, -0.1) is 0 Å². The molecule has 0 bridgehead atoms. The predicted octanol–water partition coefficient (Wildman–Crippen LogP) is 3.41. The van der Waals surface area contributed by atoms with E-state index in [1.807, 2.05) is 38.1 Å². The van der Waals surface area contributed by atoms with Gasteiger partial charge in [0.25, 0.3) is 0 Å². The first-order valence-corrected chi connectivity index (χ1v) is 6.41. The van der Waals surface area contributed by atoms with Crippen LogP contribution in [0.2, 0.25) is 0 Å². The van der Waals surface area contributed by atoms with E-state index in [0.29, 0.717) is 23.5 Å². The first-order chi connectivity index (χ1) is 9.22. The molecule has 2 rings (SSSR count). The van der Waals surface area contributed by atoms with E-state index in [2.05, 4.69) is 4.98 Å². The van der Waals surface area contributed by atoms with E-state index >= 15 is 0 Å². The molecule has 1 aromatic heterocycles. The second kappa shape index (κ2) is 6.14. The van der Waals surface area contributed by atoms with Gasteiger partial charge in [-0.2, -0.15) is 0 Å². The number of hydrogen-bond acceptors (Lipinski definition) is 3. The SMILES string of the molecule is CCCOc1ccccc1C(=O)c1ccc(C)nc1. The summed E-state index contributed by atoms with van der Waals surface area (Å²) >= 11 is 0. The smallest absolute Gasteiger partial charge is 0.198 e. The number of benzene rings is 1. The third-order valence-electron chi connectivity index (χ3n) is 2.77. The number of pyridine rings is 1. The molecule has 0 spiro atoms. The van der Waals surface area contributed by atoms with Crippen LogP contribution in [0.25, 0.3) is 0 Å². The molecule has 0 aliphatic rings.